The highest BCUT2D eigenvalue weighted by Gasteiger charge is 2.51. The molecule has 1 N–H and O–H groups in total. The summed E-state index contributed by atoms with van der Waals surface area (Å²) in [5, 5.41) is 3.48. The molecule has 3 aliphatic rings. The maximum absolute atomic E-state index is 14.1. The van der Waals surface area contributed by atoms with Crippen molar-refractivity contribution in [2.24, 2.45) is 0 Å². The van der Waals surface area contributed by atoms with E-state index in [1.807, 2.05) is 13.1 Å². The van der Waals surface area contributed by atoms with Gasteiger partial charge in [0.05, 0.1) is 18.6 Å². The van der Waals surface area contributed by atoms with Crippen molar-refractivity contribution < 1.29 is 9.13 Å². The molecule has 1 spiro atoms. The highest BCUT2D eigenvalue weighted by Crippen LogP contribution is 2.51. The molecule has 0 radical (unpaired) electrons. The number of rotatable bonds is 4. The molecular formula is C24H23FN4O. The molecule has 6 heteroatoms. The van der Waals surface area contributed by atoms with Crippen LogP contribution in [0.2, 0.25) is 0 Å². The molecule has 0 atom stereocenters. The van der Waals surface area contributed by atoms with Crippen LogP contribution in [0.4, 0.5) is 16.0 Å². The van der Waals surface area contributed by atoms with Crippen LogP contribution in [0.1, 0.15) is 24.0 Å². The van der Waals surface area contributed by atoms with Crippen LogP contribution in [0.5, 0.6) is 0 Å². The van der Waals surface area contributed by atoms with E-state index in [4.69, 9.17) is 4.74 Å². The predicted molar refractivity (Wildman–Crippen MR) is 113 cm³/mol. The normalized spacial score (nSPS) is 20.1. The molecule has 2 aromatic carbocycles. The topological polar surface area (TPSA) is 50.3 Å². The fourth-order valence-corrected chi connectivity index (χ4v) is 4.85. The summed E-state index contributed by atoms with van der Waals surface area (Å²) in [6.07, 6.45) is 5.74. The molecule has 0 unspecified atom stereocenters. The van der Waals surface area contributed by atoms with Crippen LogP contribution in [0.15, 0.2) is 54.9 Å². The molecule has 2 aliphatic heterocycles. The van der Waals surface area contributed by atoms with Gasteiger partial charge in [-0.3, -0.25) is 0 Å². The van der Waals surface area contributed by atoms with Crippen LogP contribution in [-0.2, 0) is 15.7 Å². The Bertz CT molecular complexity index is 1120. The summed E-state index contributed by atoms with van der Waals surface area (Å²) in [7, 11) is 2.03. The van der Waals surface area contributed by atoms with Gasteiger partial charge in [-0.15, -0.1) is 0 Å². The molecule has 0 amide bonds. The van der Waals surface area contributed by atoms with Crippen molar-refractivity contribution in [3.63, 3.8) is 0 Å². The van der Waals surface area contributed by atoms with Crippen molar-refractivity contribution in [1.29, 1.82) is 0 Å². The lowest BCUT2D eigenvalue weighted by molar-refractivity contribution is -0.0507. The molecule has 1 saturated heterocycles. The highest BCUT2D eigenvalue weighted by molar-refractivity contribution is 5.72. The van der Waals surface area contributed by atoms with Gasteiger partial charge in [-0.05, 0) is 43.1 Å². The maximum Gasteiger partial charge on any atom is 0.229 e. The maximum atomic E-state index is 14.1. The first-order valence-electron chi connectivity index (χ1n) is 10.4. The Morgan fingerprint density at radius 3 is 2.47 bits per heavy atom. The van der Waals surface area contributed by atoms with Crippen LogP contribution in [0.3, 0.4) is 0 Å². The third-order valence-corrected chi connectivity index (χ3v) is 6.92. The summed E-state index contributed by atoms with van der Waals surface area (Å²) in [5.41, 5.74) is 5.09. The number of hydrogen-bond donors (Lipinski definition) is 1. The first-order chi connectivity index (χ1) is 14.6. The van der Waals surface area contributed by atoms with Gasteiger partial charge in [0.1, 0.15) is 5.82 Å². The van der Waals surface area contributed by atoms with Gasteiger partial charge in [0.2, 0.25) is 5.95 Å². The van der Waals surface area contributed by atoms with Crippen molar-refractivity contribution in [2.75, 3.05) is 31.7 Å². The number of nitrogens with one attached hydrogen (secondary N) is 1. The highest BCUT2D eigenvalue weighted by atomic mass is 19.1. The minimum absolute atomic E-state index is 0.0117. The van der Waals surface area contributed by atoms with E-state index in [-0.39, 0.29) is 16.8 Å². The van der Waals surface area contributed by atoms with E-state index < -0.39 is 0 Å². The molecule has 1 saturated carbocycles. The first-order valence-corrected chi connectivity index (χ1v) is 10.4. The Balaban J connectivity index is 1.39. The largest absolute Gasteiger partial charge is 0.379 e. The van der Waals surface area contributed by atoms with Gasteiger partial charge in [0, 0.05) is 41.3 Å². The molecule has 1 aromatic heterocycles. The molecule has 5 nitrogen and oxygen atoms in total. The molecule has 152 valence electrons. The minimum Gasteiger partial charge on any atom is -0.379 e. The Morgan fingerprint density at radius 2 is 1.83 bits per heavy atom. The number of benzene rings is 2. The molecule has 30 heavy (non-hydrogen) atoms. The summed E-state index contributed by atoms with van der Waals surface area (Å²) in [4.78, 5) is 11.4. The lowest BCUT2D eigenvalue weighted by Gasteiger charge is -2.38. The Labute approximate surface area is 174 Å². The number of hydrogen-bond acceptors (Lipinski definition) is 5. The average molecular weight is 402 g/mol. The molecule has 6 rings (SSSR count). The summed E-state index contributed by atoms with van der Waals surface area (Å²) in [6.45, 7) is 2.25. The van der Waals surface area contributed by atoms with Crippen molar-refractivity contribution >= 4 is 11.6 Å². The monoisotopic (exact) mass is 402 g/mol. The second kappa shape index (κ2) is 6.33. The van der Waals surface area contributed by atoms with Crippen molar-refractivity contribution in [3.05, 3.63) is 71.8 Å². The van der Waals surface area contributed by atoms with Crippen molar-refractivity contribution in [1.82, 2.24) is 15.3 Å². The Hall–Kier alpha value is -2.83. The zero-order valence-electron chi connectivity index (χ0n) is 16.9. The Morgan fingerprint density at radius 1 is 1.07 bits per heavy atom. The summed E-state index contributed by atoms with van der Waals surface area (Å²) < 4.78 is 19.7. The van der Waals surface area contributed by atoms with Gasteiger partial charge in [0.25, 0.3) is 0 Å². The summed E-state index contributed by atoms with van der Waals surface area (Å²) in [5.74, 6) is 0.379. The average Bonchev–Trinajstić information content (AvgIpc) is 3.48. The number of anilines is 2. The minimum atomic E-state index is -0.266. The van der Waals surface area contributed by atoms with Gasteiger partial charge in [-0.2, -0.15) is 0 Å². The van der Waals surface area contributed by atoms with E-state index in [1.54, 1.807) is 24.5 Å². The fraction of sp³-hybridized carbons (Fsp3) is 0.333. The van der Waals surface area contributed by atoms with Gasteiger partial charge in [0.15, 0.2) is 0 Å². The molecular weight excluding hydrogens is 379 g/mol. The molecule has 1 aliphatic carbocycles. The van der Waals surface area contributed by atoms with Gasteiger partial charge in [-0.1, -0.05) is 30.3 Å². The number of halogens is 1. The van der Waals surface area contributed by atoms with E-state index in [2.05, 4.69) is 38.4 Å². The van der Waals surface area contributed by atoms with E-state index >= 15 is 0 Å². The number of aromatic nitrogens is 2. The van der Waals surface area contributed by atoms with E-state index in [0.717, 1.165) is 38.3 Å². The quantitative estimate of drug-likeness (QED) is 0.717. The van der Waals surface area contributed by atoms with Gasteiger partial charge in [-0.25, -0.2) is 14.4 Å². The molecule has 2 fully saturated rings. The number of nitrogens with zero attached hydrogens (tertiary/aromatic N) is 3. The molecule has 3 aromatic rings. The number of ether oxygens (including phenoxy) is 1. The van der Waals surface area contributed by atoms with Crippen LogP contribution in [-0.4, -0.2) is 36.8 Å². The second-order valence-corrected chi connectivity index (χ2v) is 8.67. The Kier molecular flexibility index (Phi) is 3.80. The first kappa shape index (κ1) is 18.0. The van der Waals surface area contributed by atoms with E-state index in [1.165, 1.54) is 17.2 Å². The molecule has 3 heterocycles. The van der Waals surface area contributed by atoms with Crippen LogP contribution < -0.4 is 10.2 Å². The van der Waals surface area contributed by atoms with E-state index in [9.17, 15) is 4.39 Å². The van der Waals surface area contributed by atoms with Crippen LogP contribution >= 0.6 is 0 Å². The lowest BCUT2D eigenvalue weighted by Crippen LogP contribution is -2.49. The predicted octanol–water partition coefficient (Wildman–Crippen LogP) is 3.91. The van der Waals surface area contributed by atoms with Crippen LogP contribution in [0.25, 0.3) is 11.1 Å². The standard InChI is InChI=1S/C24H23FN4O/c1-26-24(8-9-24)17-6-7-19-21(10-17)29(13-23(19)14-30-15-23)22-27-11-16(12-28-22)18-4-2-3-5-20(18)25/h2-7,10-12,26H,8-9,13-15H2,1H3. The van der Waals surface area contributed by atoms with Crippen molar-refractivity contribution in [2.45, 2.75) is 23.8 Å². The third-order valence-electron chi connectivity index (χ3n) is 6.92. The third kappa shape index (κ3) is 2.53. The number of fused-ring (bicyclic) bond motifs is 2. The van der Waals surface area contributed by atoms with Crippen LogP contribution in [0, 0.1) is 5.82 Å². The molecule has 0 bridgehead atoms. The second-order valence-electron chi connectivity index (χ2n) is 8.67. The zero-order chi connectivity index (χ0) is 20.3. The fourth-order valence-electron chi connectivity index (χ4n) is 4.85. The summed E-state index contributed by atoms with van der Waals surface area (Å²) in [6, 6.07) is 13.5. The van der Waals surface area contributed by atoms with Gasteiger partial charge < -0.3 is 15.0 Å². The van der Waals surface area contributed by atoms with Gasteiger partial charge >= 0.3 is 0 Å². The summed E-state index contributed by atoms with van der Waals surface area (Å²) >= 11 is 0. The zero-order valence-corrected chi connectivity index (χ0v) is 16.9. The smallest absolute Gasteiger partial charge is 0.229 e. The lowest BCUT2D eigenvalue weighted by atomic mass is 9.80. The van der Waals surface area contributed by atoms with E-state index in [0.29, 0.717) is 17.1 Å². The SMILES string of the molecule is CNC1(c2ccc3c(c2)N(c2ncc(-c4ccccc4F)cn2)CC32COC2)CC1. The van der Waals surface area contributed by atoms with Crippen molar-refractivity contribution in [3.8, 4) is 11.1 Å².